The molecule has 0 saturated carbocycles. The summed E-state index contributed by atoms with van der Waals surface area (Å²) in [5, 5.41) is 9.33. The Morgan fingerprint density at radius 3 is 2.57 bits per heavy atom. The molecule has 11 nitrogen and oxygen atoms in total. The van der Waals surface area contributed by atoms with Crippen molar-refractivity contribution >= 4 is 24.1 Å². The second-order valence-electron chi connectivity index (χ2n) is 9.13. The van der Waals surface area contributed by atoms with Crippen LogP contribution in [0.15, 0.2) is 89.2 Å². The highest BCUT2D eigenvalue weighted by Crippen LogP contribution is 2.34. The van der Waals surface area contributed by atoms with Crippen LogP contribution in [-0.2, 0) is 20.9 Å². The fourth-order valence-corrected chi connectivity index (χ4v) is 4.19. The van der Waals surface area contributed by atoms with E-state index in [4.69, 9.17) is 18.9 Å². The zero-order chi connectivity index (χ0) is 29.9. The predicted octanol–water partition coefficient (Wildman–Crippen LogP) is 3.99. The molecule has 3 aromatic carbocycles. The number of rotatable bonds is 12. The molecule has 3 N–H and O–H groups in total. The molecule has 0 unspecified atom stereocenters. The van der Waals surface area contributed by atoms with Gasteiger partial charge in [-0.2, -0.15) is 5.10 Å². The first kappa shape index (κ1) is 29.7. The van der Waals surface area contributed by atoms with Gasteiger partial charge in [0.05, 0.1) is 31.5 Å². The third-order valence-corrected chi connectivity index (χ3v) is 6.15. The zero-order valence-corrected chi connectivity index (χ0v) is 23.5. The van der Waals surface area contributed by atoms with Gasteiger partial charge >= 0.3 is 12.0 Å². The van der Waals surface area contributed by atoms with Gasteiger partial charge in [-0.1, -0.05) is 48.5 Å². The highest BCUT2D eigenvalue weighted by atomic mass is 16.5. The quantitative estimate of drug-likeness (QED) is 0.170. The van der Waals surface area contributed by atoms with Crippen LogP contribution in [0.3, 0.4) is 0 Å². The van der Waals surface area contributed by atoms with Crippen LogP contribution >= 0.6 is 0 Å². The van der Waals surface area contributed by atoms with Gasteiger partial charge in [0.2, 0.25) is 0 Å². The standard InChI is InChI=1S/C31H32N4O7/c1-4-40-30(37)28-20(2)33-31(38)34-29(28)23-13-14-25(26(16-23)39-3)42-19-27(36)35-32-17-22-11-8-12-24(15-22)41-18-21-9-6-5-7-10-21/h5-17,29H,4,18-19H2,1-3H3,(H,35,36)(H2,33,34,38)/b32-17+/t29-/m0/s1. The van der Waals surface area contributed by atoms with Crippen molar-refractivity contribution in [2.24, 2.45) is 5.10 Å². The molecule has 1 aliphatic rings. The number of methoxy groups -OCH3 is 1. The molecule has 4 rings (SSSR count). The number of nitrogens with zero attached hydrogens (tertiary/aromatic N) is 1. The van der Waals surface area contributed by atoms with Crippen LogP contribution in [-0.4, -0.2) is 44.4 Å². The highest BCUT2D eigenvalue weighted by molar-refractivity contribution is 5.95. The number of benzene rings is 3. The number of allylic oxidation sites excluding steroid dienone is 1. The van der Waals surface area contributed by atoms with E-state index in [-0.39, 0.29) is 18.8 Å². The summed E-state index contributed by atoms with van der Waals surface area (Å²) in [5.74, 6) is 0.252. The summed E-state index contributed by atoms with van der Waals surface area (Å²) in [6.07, 6.45) is 1.51. The Balaban J connectivity index is 1.34. The molecular formula is C31H32N4O7. The molecule has 0 aliphatic carbocycles. The molecule has 1 atom stereocenters. The first-order chi connectivity index (χ1) is 20.4. The minimum absolute atomic E-state index is 0.189. The van der Waals surface area contributed by atoms with Gasteiger partial charge in [0.1, 0.15) is 12.4 Å². The van der Waals surface area contributed by atoms with Crippen LogP contribution < -0.4 is 30.3 Å². The monoisotopic (exact) mass is 572 g/mol. The maximum Gasteiger partial charge on any atom is 0.338 e. The molecule has 0 spiro atoms. The van der Waals surface area contributed by atoms with Gasteiger partial charge in [0, 0.05) is 5.70 Å². The molecule has 42 heavy (non-hydrogen) atoms. The topological polar surface area (TPSA) is 137 Å². The molecule has 1 heterocycles. The van der Waals surface area contributed by atoms with Crippen LogP contribution in [0.25, 0.3) is 0 Å². The van der Waals surface area contributed by atoms with Crippen LogP contribution in [0.1, 0.15) is 36.6 Å². The lowest BCUT2D eigenvalue weighted by Crippen LogP contribution is -2.45. The fourth-order valence-electron chi connectivity index (χ4n) is 4.19. The van der Waals surface area contributed by atoms with Gasteiger partial charge in [0.25, 0.3) is 5.91 Å². The van der Waals surface area contributed by atoms with E-state index in [1.54, 1.807) is 32.0 Å². The van der Waals surface area contributed by atoms with Gasteiger partial charge < -0.3 is 29.6 Å². The van der Waals surface area contributed by atoms with Gasteiger partial charge in [-0.25, -0.2) is 15.0 Å². The second kappa shape index (κ2) is 14.4. The number of hydrogen-bond acceptors (Lipinski definition) is 8. The molecule has 218 valence electrons. The van der Waals surface area contributed by atoms with E-state index in [1.165, 1.54) is 13.3 Å². The summed E-state index contributed by atoms with van der Waals surface area (Å²) < 4.78 is 22.1. The number of hydrazone groups is 1. The van der Waals surface area contributed by atoms with E-state index in [0.29, 0.717) is 35.1 Å². The average molecular weight is 573 g/mol. The van der Waals surface area contributed by atoms with Gasteiger partial charge in [-0.3, -0.25) is 4.79 Å². The lowest BCUT2D eigenvalue weighted by molar-refractivity contribution is -0.139. The number of ether oxygens (including phenoxy) is 4. The Hall–Kier alpha value is -5.32. The third-order valence-electron chi connectivity index (χ3n) is 6.15. The molecule has 0 saturated heterocycles. The molecule has 0 fully saturated rings. The molecule has 0 bridgehead atoms. The SMILES string of the molecule is CCOC(=O)C1=C(C)NC(=O)N[C@H]1c1ccc(OCC(=O)N/N=C/c2cccc(OCc3ccccc3)c2)c(OC)c1. The molecule has 1 aliphatic heterocycles. The van der Waals surface area contributed by atoms with Gasteiger partial charge in [0.15, 0.2) is 18.1 Å². The van der Waals surface area contributed by atoms with Crippen molar-refractivity contribution in [3.8, 4) is 17.2 Å². The van der Waals surface area contributed by atoms with E-state index >= 15 is 0 Å². The molecule has 11 heteroatoms. The van der Waals surface area contributed by atoms with E-state index in [1.807, 2.05) is 54.6 Å². The van der Waals surface area contributed by atoms with Crippen LogP contribution in [0.4, 0.5) is 4.79 Å². The Bertz CT molecular complexity index is 1490. The minimum atomic E-state index is -0.763. The normalized spacial score (nSPS) is 14.5. The van der Waals surface area contributed by atoms with Crippen LogP contribution in [0.5, 0.6) is 17.2 Å². The number of urea groups is 1. The minimum Gasteiger partial charge on any atom is -0.493 e. The largest absolute Gasteiger partial charge is 0.493 e. The smallest absolute Gasteiger partial charge is 0.338 e. The number of hydrogen-bond donors (Lipinski definition) is 3. The molecule has 3 amide bonds. The Kier molecular flexibility index (Phi) is 10.1. The van der Waals surface area contributed by atoms with E-state index in [9.17, 15) is 14.4 Å². The molecule has 3 aromatic rings. The maximum atomic E-state index is 12.6. The van der Waals surface area contributed by atoms with Crippen molar-refractivity contribution in [3.05, 3.63) is 101 Å². The average Bonchev–Trinajstić information content (AvgIpc) is 2.99. The molecule has 0 radical (unpaired) electrons. The van der Waals surface area contributed by atoms with Crippen molar-refractivity contribution in [2.45, 2.75) is 26.5 Å². The number of amides is 3. The fraction of sp³-hybridized carbons (Fsp3) is 0.226. The third kappa shape index (κ3) is 7.87. The lowest BCUT2D eigenvalue weighted by Gasteiger charge is -2.28. The van der Waals surface area contributed by atoms with Crippen molar-refractivity contribution < 1.29 is 33.3 Å². The molecular weight excluding hydrogens is 540 g/mol. The molecule has 0 aromatic heterocycles. The van der Waals surface area contributed by atoms with E-state index in [0.717, 1.165) is 11.1 Å². The van der Waals surface area contributed by atoms with Crippen LogP contribution in [0.2, 0.25) is 0 Å². The van der Waals surface area contributed by atoms with Gasteiger partial charge in [-0.15, -0.1) is 0 Å². The first-order valence-electron chi connectivity index (χ1n) is 13.2. The Labute approximate surface area is 243 Å². The first-order valence-corrected chi connectivity index (χ1v) is 13.2. The Morgan fingerprint density at radius 2 is 1.81 bits per heavy atom. The van der Waals surface area contributed by atoms with E-state index in [2.05, 4.69) is 21.2 Å². The number of esters is 1. The van der Waals surface area contributed by atoms with Crippen molar-refractivity contribution in [2.75, 3.05) is 20.3 Å². The highest BCUT2D eigenvalue weighted by Gasteiger charge is 2.32. The number of carbonyl (C=O) groups is 3. The number of nitrogens with one attached hydrogen (secondary N) is 3. The summed E-state index contributed by atoms with van der Waals surface area (Å²) in [5.41, 5.74) is 5.47. The summed E-state index contributed by atoms with van der Waals surface area (Å²) in [6.45, 7) is 3.63. The van der Waals surface area contributed by atoms with Crippen molar-refractivity contribution in [3.63, 3.8) is 0 Å². The maximum absolute atomic E-state index is 12.6. The zero-order valence-electron chi connectivity index (χ0n) is 23.5. The van der Waals surface area contributed by atoms with Crippen molar-refractivity contribution in [1.82, 2.24) is 16.1 Å². The van der Waals surface area contributed by atoms with Gasteiger partial charge in [-0.05, 0) is 54.8 Å². The van der Waals surface area contributed by atoms with Crippen molar-refractivity contribution in [1.29, 1.82) is 0 Å². The summed E-state index contributed by atoms with van der Waals surface area (Å²) in [4.78, 5) is 37.1. The summed E-state index contributed by atoms with van der Waals surface area (Å²) >= 11 is 0. The second-order valence-corrected chi connectivity index (χ2v) is 9.13. The predicted molar refractivity (Wildman–Crippen MR) is 155 cm³/mol. The Morgan fingerprint density at radius 1 is 1.00 bits per heavy atom. The summed E-state index contributed by atoms with van der Waals surface area (Å²) in [6, 6.07) is 20.8. The lowest BCUT2D eigenvalue weighted by atomic mass is 9.95. The van der Waals surface area contributed by atoms with Crippen LogP contribution in [0, 0.1) is 0 Å². The van der Waals surface area contributed by atoms with E-state index < -0.39 is 23.9 Å². The summed E-state index contributed by atoms with van der Waals surface area (Å²) in [7, 11) is 1.45. The number of carbonyl (C=O) groups excluding carboxylic acids is 3.